The van der Waals surface area contributed by atoms with Gasteiger partial charge in [0.1, 0.15) is 18.6 Å². The highest BCUT2D eigenvalue weighted by atomic mass is 35.5. The lowest BCUT2D eigenvalue weighted by molar-refractivity contribution is -0.116. The predicted molar refractivity (Wildman–Crippen MR) is 112 cm³/mol. The lowest BCUT2D eigenvalue weighted by Gasteiger charge is -2.11. The maximum absolute atomic E-state index is 12.8. The molecule has 0 fully saturated rings. The van der Waals surface area contributed by atoms with Crippen LogP contribution in [0.5, 0.6) is 5.75 Å². The maximum atomic E-state index is 12.8. The molecule has 10 heteroatoms. The SMILES string of the molecule is CCOc1ccccc1NC(=O)Cn1cnc2c(nnn2-c2cccc(Cl)c2)c1=O. The number of carbonyl (C=O) groups excluding carboxylic acids is 1. The largest absolute Gasteiger partial charge is 0.492 e. The Labute approximate surface area is 175 Å². The van der Waals surface area contributed by atoms with E-state index in [2.05, 4.69) is 20.6 Å². The molecule has 0 aliphatic heterocycles. The molecule has 0 aliphatic carbocycles. The van der Waals surface area contributed by atoms with Crippen molar-refractivity contribution in [2.45, 2.75) is 13.5 Å². The Kier molecular flexibility index (Phi) is 5.44. The van der Waals surface area contributed by atoms with Gasteiger partial charge < -0.3 is 10.1 Å². The number of aromatic nitrogens is 5. The van der Waals surface area contributed by atoms with Crippen molar-refractivity contribution in [1.82, 2.24) is 24.5 Å². The Bertz CT molecular complexity index is 1280. The van der Waals surface area contributed by atoms with Crippen LogP contribution in [-0.4, -0.2) is 37.1 Å². The van der Waals surface area contributed by atoms with Gasteiger partial charge in [-0.15, -0.1) is 5.10 Å². The topological polar surface area (TPSA) is 104 Å². The zero-order chi connectivity index (χ0) is 21.1. The highest BCUT2D eigenvalue weighted by molar-refractivity contribution is 6.30. The third-order valence-corrected chi connectivity index (χ3v) is 4.49. The van der Waals surface area contributed by atoms with E-state index < -0.39 is 11.5 Å². The van der Waals surface area contributed by atoms with E-state index in [-0.39, 0.29) is 17.7 Å². The number of fused-ring (bicyclic) bond motifs is 1. The Hall–Kier alpha value is -3.72. The lowest BCUT2D eigenvalue weighted by Crippen LogP contribution is -2.28. The van der Waals surface area contributed by atoms with Crippen LogP contribution >= 0.6 is 11.6 Å². The number of halogens is 1. The molecule has 0 atom stereocenters. The molecular formula is C20H17ClN6O3. The summed E-state index contributed by atoms with van der Waals surface area (Å²) in [7, 11) is 0. The van der Waals surface area contributed by atoms with Gasteiger partial charge >= 0.3 is 0 Å². The Balaban J connectivity index is 1.59. The fourth-order valence-corrected chi connectivity index (χ4v) is 3.12. The van der Waals surface area contributed by atoms with E-state index in [0.717, 1.165) is 0 Å². The molecule has 0 bridgehead atoms. The monoisotopic (exact) mass is 424 g/mol. The summed E-state index contributed by atoms with van der Waals surface area (Å²) in [5.74, 6) is 0.159. The maximum Gasteiger partial charge on any atom is 0.284 e. The third-order valence-electron chi connectivity index (χ3n) is 4.26. The molecule has 30 heavy (non-hydrogen) atoms. The minimum atomic E-state index is -0.471. The Morgan fingerprint density at radius 2 is 2.03 bits per heavy atom. The molecule has 2 aromatic carbocycles. The Morgan fingerprint density at radius 1 is 1.20 bits per heavy atom. The first-order valence-electron chi connectivity index (χ1n) is 9.15. The summed E-state index contributed by atoms with van der Waals surface area (Å²) in [5.41, 5.74) is 1.01. The van der Waals surface area contributed by atoms with Crippen LogP contribution in [0.4, 0.5) is 5.69 Å². The van der Waals surface area contributed by atoms with Crippen LogP contribution in [0.1, 0.15) is 6.92 Å². The average Bonchev–Trinajstić information content (AvgIpc) is 3.17. The van der Waals surface area contributed by atoms with Gasteiger partial charge in [0.05, 0.1) is 18.0 Å². The summed E-state index contributed by atoms with van der Waals surface area (Å²) in [4.78, 5) is 29.5. The van der Waals surface area contributed by atoms with Crippen LogP contribution in [0.25, 0.3) is 16.9 Å². The molecule has 0 aliphatic rings. The summed E-state index contributed by atoms with van der Waals surface area (Å²) < 4.78 is 8.10. The molecule has 4 rings (SSSR count). The number of para-hydroxylation sites is 2. The zero-order valence-electron chi connectivity index (χ0n) is 15.9. The van der Waals surface area contributed by atoms with Gasteiger partial charge in [0.15, 0.2) is 11.2 Å². The average molecular weight is 425 g/mol. The van der Waals surface area contributed by atoms with E-state index in [4.69, 9.17) is 16.3 Å². The van der Waals surface area contributed by atoms with Gasteiger partial charge in [0, 0.05) is 5.02 Å². The number of ether oxygens (including phenoxy) is 1. The van der Waals surface area contributed by atoms with Crippen molar-refractivity contribution in [3.8, 4) is 11.4 Å². The second-order valence-electron chi connectivity index (χ2n) is 6.31. The van der Waals surface area contributed by atoms with Gasteiger partial charge in [-0.3, -0.25) is 14.2 Å². The van der Waals surface area contributed by atoms with Crippen molar-refractivity contribution in [2.24, 2.45) is 0 Å². The van der Waals surface area contributed by atoms with E-state index in [9.17, 15) is 9.59 Å². The van der Waals surface area contributed by atoms with E-state index in [1.54, 1.807) is 42.5 Å². The highest BCUT2D eigenvalue weighted by Gasteiger charge is 2.15. The number of hydrogen-bond donors (Lipinski definition) is 1. The molecule has 1 amide bonds. The molecule has 0 unspecified atom stereocenters. The minimum absolute atomic E-state index is 0.0555. The van der Waals surface area contributed by atoms with Crippen LogP contribution in [0.3, 0.4) is 0 Å². The van der Waals surface area contributed by atoms with E-state index in [0.29, 0.717) is 28.8 Å². The van der Waals surface area contributed by atoms with Crippen molar-refractivity contribution in [1.29, 1.82) is 0 Å². The van der Waals surface area contributed by atoms with Crippen molar-refractivity contribution in [3.63, 3.8) is 0 Å². The first-order valence-corrected chi connectivity index (χ1v) is 9.53. The van der Waals surface area contributed by atoms with Crippen LogP contribution in [0, 0.1) is 0 Å². The van der Waals surface area contributed by atoms with Crippen molar-refractivity contribution in [2.75, 3.05) is 11.9 Å². The van der Waals surface area contributed by atoms with Crippen molar-refractivity contribution < 1.29 is 9.53 Å². The summed E-state index contributed by atoms with van der Waals surface area (Å²) in [6, 6.07) is 14.0. The molecule has 152 valence electrons. The van der Waals surface area contributed by atoms with Gasteiger partial charge in [0.25, 0.3) is 5.56 Å². The molecule has 0 spiro atoms. The van der Waals surface area contributed by atoms with Crippen LogP contribution in [0.15, 0.2) is 59.7 Å². The number of rotatable bonds is 6. The molecule has 0 radical (unpaired) electrons. The molecule has 0 saturated carbocycles. The van der Waals surface area contributed by atoms with Crippen LogP contribution in [0.2, 0.25) is 5.02 Å². The first-order chi connectivity index (χ1) is 14.6. The fourth-order valence-electron chi connectivity index (χ4n) is 2.93. The number of hydrogen-bond acceptors (Lipinski definition) is 6. The number of nitrogens with one attached hydrogen (secondary N) is 1. The van der Waals surface area contributed by atoms with Crippen LogP contribution < -0.4 is 15.6 Å². The standard InChI is InChI=1S/C20H17ClN6O3/c1-2-30-16-9-4-3-8-15(16)23-17(28)11-26-12-22-19-18(20(26)29)24-25-27(19)14-7-5-6-13(21)10-14/h3-10,12H,2,11H2,1H3,(H,23,28). The van der Waals surface area contributed by atoms with E-state index in [1.165, 1.54) is 15.6 Å². The summed E-state index contributed by atoms with van der Waals surface area (Å²) in [6.45, 7) is 2.09. The minimum Gasteiger partial charge on any atom is -0.492 e. The van der Waals surface area contributed by atoms with Crippen molar-refractivity contribution >= 4 is 34.4 Å². The highest BCUT2D eigenvalue weighted by Crippen LogP contribution is 2.23. The molecule has 2 heterocycles. The molecule has 4 aromatic rings. The van der Waals surface area contributed by atoms with Gasteiger partial charge in [-0.25, -0.2) is 4.98 Å². The Morgan fingerprint density at radius 3 is 2.83 bits per heavy atom. The molecule has 9 nitrogen and oxygen atoms in total. The van der Waals surface area contributed by atoms with Gasteiger partial charge in [0.2, 0.25) is 5.91 Å². The number of amides is 1. The molecule has 0 saturated heterocycles. The number of nitrogens with zero attached hydrogens (tertiary/aromatic N) is 5. The second kappa shape index (κ2) is 8.34. The molecule has 2 aromatic heterocycles. The second-order valence-corrected chi connectivity index (χ2v) is 6.74. The fraction of sp³-hybridized carbons (Fsp3) is 0.150. The predicted octanol–water partition coefficient (Wildman–Crippen LogP) is 2.67. The third kappa shape index (κ3) is 3.87. The summed E-state index contributed by atoms with van der Waals surface area (Å²) >= 11 is 6.02. The lowest BCUT2D eigenvalue weighted by atomic mass is 10.3. The quantitative estimate of drug-likeness (QED) is 0.510. The summed E-state index contributed by atoms with van der Waals surface area (Å²) in [6.07, 6.45) is 1.29. The number of anilines is 1. The number of benzene rings is 2. The summed E-state index contributed by atoms with van der Waals surface area (Å²) in [5, 5.41) is 11.2. The van der Waals surface area contributed by atoms with Gasteiger partial charge in [-0.05, 0) is 37.3 Å². The molecule has 1 N–H and O–H groups in total. The zero-order valence-corrected chi connectivity index (χ0v) is 16.7. The van der Waals surface area contributed by atoms with Crippen LogP contribution in [-0.2, 0) is 11.3 Å². The number of carbonyl (C=O) groups is 1. The normalized spacial score (nSPS) is 10.9. The van der Waals surface area contributed by atoms with E-state index >= 15 is 0 Å². The first kappa shape index (κ1) is 19.6. The van der Waals surface area contributed by atoms with Crippen molar-refractivity contribution in [3.05, 3.63) is 70.2 Å². The van der Waals surface area contributed by atoms with E-state index in [1.807, 2.05) is 13.0 Å². The smallest absolute Gasteiger partial charge is 0.284 e. The van der Waals surface area contributed by atoms with Gasteiger partial charge in [-0.2, -0.15) is 4.68 Å². The van der Waals surface area contributed by atoms with Gasteiger partial charge in [-0.1, -0.05) is 35.0 Å². The molecular weight excluding hydrogens is 408 g/mol.